The molecular weight excluding hydrogens is 358 g/mol. The number of anilines is 1. The van der Waals surface area contributed by atoms with Gasteiger partial charge in [-0.3, -0.25) is 4.79 Å². The molecule has 28 heavy (non-hydrogen) atoms. The summed E-state index contributed by atoms with van der Waals surface area (Å²) in [5.74, 6) is 2.07. The molecule has 0 aliphatic heterocycles. The maximum absolute atomic E-state index is 12.3. The van der Waals surface area contributed by atoms with Crippen LogP contribution < -0.4 is 14.8 Å². The van der Waals surface area contributed by atoms with E-state index in [1.54, 1.807) is 7.11 Å². The summed E-state index contributed by atoms with van der Waals surface area (Å²) in [5.41, 5.74) is 1.44. The Morgan fingerprint density at radius 2 is 1.86 bits per heavy atom. The summed E-state index contributed by atoms with van der Waals surface area (Å²) in [4.78, 5) is 12.3. The van der Waals surface area contributed by atoms with Crippen molar-refractivity contribution in [1.29, 1.82) is 0 Å². The van der Waals surface area contributed by atoms with Crippen LogP contribution in [-0.4, -0.2) is 29.3 Å². The van der Waals surface area contributed by atoms with Crippen molar-refractivity contribution in [2.45, 2.75) is 32.8 Å². The molecule has 1 heterocycles. The van der Waals surface area contributed by atoms with Crippen LogP contribution in [0.15, 0.2) is 52.9 Å². The Hall–Kier alpha value is -3.35. The van der Waals surface area contributed by atoms with Gasteiger partial charge < -0.3 is 19.2 Å². The van der Waals surface area contributed by atoms with Crippen LogP contribution in [0, 0.1) is 0 Å². The summed E-state index contributed by atoms with van der Waals surface area (Å²) >= 11 is 0. The molecule has 0 bridgehead atoms. The first-order valence-electron chi connectivity index (χ1n) is 9.07. The van der Waals surface area contributed by atoms with Crippen LogP contribution in [0.1, 0.15) is 26.2 Å². The van der Waals surface area contributed by atoms with Crippen LogP contribution in [0.5, 0.6) is 11.5 Å². The summed E-state index contributed by atoms with van der Waals surface area (Å²) in [6.07, 6.45) is 0.593. The zero-order chi connectivity index (χ0) is 19.9. The zero-order valence-corrected chi connectivity index (χ0v) is 16.1. The molecule has 1 aromatic heterocycles. The first kappa shape index (κ1) is 19.4. The van der Waals surface area contributed by atoms with E-state index in [0.717, 1.165) is 11.3 Å². The van der Waals surface area contributed by atoms with Gasteiger partial charge in [-0.15, -0.1) is 10.2 Å². The lowest BCUT2D eigenvalue weighted by Gasteiger charge is -2.14. The van der Waals surface area contributed by atoms with Crippen molar-refractivity contribution in [3.8, 4) is 23.0 Å². The van der Waals surface area contributed by atoms with E-state index in [1.165, 1.54) is 0 Å². The topological polar surface area (TPSA) is 86.5 Å². The third-order valence-electron chi connectivity index (χ3n) is 3.89. The van der Waals surface area contributed by atoms with Gasteiger partial charge in [-0.05, 0) is 50.2 Å². The number of para-hydroxylation sites is 2. The highest BCUT2D eigenvalue weighted by Gasteiger charge is 2.13. The molecule has 3 rings (SSSR count). The van der Waals surface area contributed by atoms with Gasteiger partial charge in [0.15, 0.2) is 0 Å². The van der Waals surface area contributed by atoms with E-state index in [9.17, 15) is 4.79 Å². The molecule has 7 nitrogen and oxygen atoms in total. The Kier molecular flexibility index (Phi) is 6.26. The number of carbonyl (C=O) groups excluding carboxylic acids is 1. The molecule has 0 fully saturated rings. The average molecular weight is 381 g/mol. The second kappa shape index (κ2) is 9.03. The third-order valence-corrected chi connectivity index (χ3v) is 3.89. The lowest BCUT2D eigenvalue weighted by Crippen LogP contribution is -2.14. The number of hydrogen-bond acceptors (Lipinski definition) is 6. The molecule has 0 saturated carbocycles. The quantitative estimate of drug-likeness (QED) is 0.632. The number of nitrogens with zero attached hydrogens (tertiary/aromatic N) is 2. The van der Waals surface area contributed by atoms with E-state index >= 15 is 0 Å². The Morgan fingerprint density at radius 1 is 1.11 bits per heavy atom. The molecule has 0 atom stereocenters. The predicted octanol–water partition coefficient (Wildman–Crippen LogP) is 4.10. The monoisotopic (exact) mass is 381 g/mol. The fourth-order valence-electron chi connectivity index (χ4n) is 2.56. The molecular formula is C21H23N3O4. The van der Waals surface area contributed by atoms with Gasteiger partial charge in [0.05, 0.1) is 18.9 Å². The number of aromatic nitrogens is 2. The Morgan fingerprint density at radius 3 is 2.57 bits per heavy atom. The van der Waals surface area contributed by atoms with Crippen molar-refractivity contribution in [3.63, 3.8) is 0 Å². The zero-order valence-electron chi connectivity index (χ0n) is 16.1. The first-order valence-corrected chi connectivity index (χ1v) is 9.07. The lowest BCUT2D eigenvalue weighted by molar-refractivity contribution is -0.116. The second-order valence-corrected chi connectivity index (χ2v) is 6.44. The number of nitrogens with one attached hydrogen (secondary N) is 1. The van der Waals surface area contributed by atoms with Crippen LogP contribution in [-0.2, 0) is 11.2 Å². The van der Waals surface area contributed by atoms with Crippen molar-refractivity contribution in [2.24, 2.45) is 0 Å². The van der Waals surface area contributed by atoms with E-state index in [1.807, 2.05) is 62.4 Å². The number of carbonyl (C=O) groups is 1. The van der Waals surface area contributed by atoms with Gasteiger partial charge in [0.25, 0.3) is 0 Å². The van der Waals surface area contributed by atoms with Gasteiger partial charge in [0, 0.05) is 18.4 Å². The van der Waals surface area contributed by atoms with Crippen molar-refractivity contribution < 1.29 is 18.7 Å². The minimum atomic E-state index is -0.149. The Bertz CT molecular complexity index is 919. The SMILES string of the molecule is COc1ccc(-c2nnc(CCC(=O)Nc3ccccc3OC(C)C)o2)cc1. The van der Waals surface area contributed by atoms with E-state index in [-0.39, 0.29) is 18.4 Å². The van der Waals surface area contributed by atoms with Gasteiger partial charge in [-0.2, -0.15) is 0 Å². The molecule has 1 amide bonds. The predicted molar refractivity (Wildman–Crippen MR) is 105 cm³/mol. The molecule has 1 N–H and O–H groups in total. The molecule has 146 valence electrons. The van der Waals surface area contributed by atoms with E-state index in [0.29, 0.717) is 29.6 Å². The van der Waals surface area contributed by atoms with Crippen molar-refractivity contribution in [1.82, 2.24) is 10.2 Å². The number of methoxy groups -OCH3 is 1. The first-order chi connectivity index (χ1) is 13.5. The normalized spacial score (nSPS) is 10.7. The maximum Gasteiger partial charge on any atom is 0.247 e. The lowest BCUT2D eigenvalue weighted by atomic mass is 10.2. The van der Waals surface area contributed by atoms with Gasteiger partial charge in [-0.1, -0.05) is 12.1 Å². The highest BCUT2D eigenvalue weighted by Crippen LogP contribution is 2.25. The van der Waals surface area contributed by atoms with Gasteiger partial charge in [-0.25, -0.2) is 0 Å². The Balaban J connectivity index is 1.57. The van der Waals surface area contributed by atoms with E-state index in [2.05, 4.69) is 15.5 Å². The maximum atomic E-state index is 12.3. The van der Waals surface area contributed by atoms with Crippen molar-refractivity contribution in [2.75, 3.05) is 12.4 Å². The molecule has 3 aromatic rings. The van der Waals surface area contributed by atoms with Crippen LogP contribution >= 0.6 is 0 Å². The second-order valence-electron chi connectivity index (χ2n) is 6.44. The molecule has 0 spiro atoms. The molecule has 2 aromatic carbocycles. The van der Waals surface area contributed by atoms with Crippen LogP contribution in [0.25, 0.3) is 11.5 Å². The standard InChI is InChI=1S/C21H23N3O4/c1-14(2)27-18-7-5-4-6-17(18)22-19(25)12-13-20-23-24-21(28-20)15-8-10-16(26-3)11-9-15/h4-11,14H,12-13H2,1-3H3,(H,22,25). The number of rotatable bonds is 8. The summed E-state index contributed by atoms with van der Waals surface area (Å²) < 4.78 is 16.5. The average Bonchev–Trinajstić information content (AvgIpc) is 3.17. The number of ether oxygens (including phenoxy) is 2. The highest BCUT2D eigenvalue weighted by molar-refractivity contribution is 5.92. The van der Waals surface area contributed by atoms with Crippen LogP contribution in [0.3, 0.4) is 0 Å². The van der Waals surface area contributed by atoms with E-state index < -0.39 is 0 Å². The molecule has 0 unspecified atom stereocenters. The molecule has 0 radical (unpaired) electrons. The number of hydrogen-bond donors (Lipinski definition) is 1. The Labute approximate surface area is 163 Å². The van der Waals surface area contributed by atoms with Gasteiger partial charge in [0.2, 0.25) is 17.7 Å². The van der Waals surface area contributed by atoms with Crippen molar-refractivity contribution >= 4 is 11.6 Å². The number of amides is 1. The smallest absolute Gasteiger partial charge is 0.247 e. The summed E-state index contributed by atoms with van der Waals surface area (Å²) in [5, 5.41) is 10.9. The summed E-state index contributed by atoms with van der Waals surface area (Å²) in [6.45, 7) is 3.88. The van der Waals surface area contributed by atoms with Crippen LogP contribution in [0.4, 0.5) is 5.69 Å². The fourth-order valence-corrected chi connectivity index (χ4v) is 2.56. The minimum Gasteiger partial charge on any atom is -0.497 e. The largest absolute Gasteiger partial charge is 0.497 e. The number of benzene rings is 2. The molecule has 0 aliphatic rings. The highest BCUT2D eigenvalue weighted by atomic mass is 16.5. The van der Waals surface area contributed by atoms with Gasteiger partial charge in [0.1, 0.15) is 11.5 Å². The fraction of sp³-hybridized carbons (Fsp3) is 0.286. The van der Waals surface area contributed by atoms with E-state index in [4.69, 9.17) is 13.9 Å². The summed E-state index contributed by atoms with van der Waals surface area (Å²) in [7, 11) is 1.61. The van der Waals surface area contributed by atoms with Crippen molar-refractivity contribution in [3.05, 3.63) is 54.4 Å². The van der Waals surface area contributed by atoms with Gasteiger partial charge >= 0.3 is 0 Å². The minimum absolute atomic E-state index is 0.0211. The molecule has 0 saturated heterocycles. The summed E-state index contributed by atoms with van der Waals surface area (Å²) in [6, 6.07) is 14.7. The number of aryl methyl sites for hydroxylation is 1. The third kappa shape index (κ3) is 5.09. The molecule has 7 heteroatoms. The molecule has 0 aliphatic carbocycles. The van der Waals surface area contributed by atoms with Crippen LogP contribution in [0.2, 0.25) is 0 Å².